The molecule has 0 amide bonds. The van der Waals surface area contributed by atoms with Gasteiger partial charge < -0.3 is 0 Å². The molecule has 0 aliphatic heterocycles. The van der Waals surface area contributed by atoms with Gasteiger partial charge in [-0.05, 0) is 54.1 Å². The van der Waals surface area contributed by atoms with E-state index in [1.165, 1.54) is 22.6 Å². The fourth-order valence-electron chi connectivity index (χ4n) is 1.93. The Hall–Kier alpha value is -0.750. The summed E-state index contributed by atoms with van der Waals surface area (Å²) in [6, 6.07) is 6.98. The Morgan fingerprint density at radius 3 is 2.78 bits per heavy atom. The minimum absolute atomic E-state index is 0.0127. The Morgan fingerprint density at radius 2 is 2.22 bits per heavy atom. The van der Waals surface area contributed by atoms with Gasteiger partial charge in [0.1, 0.15) is 5.82 Å². The molecule has 1 aromatic heterocycles. The van der Waals surface area contributed by atoms with Gasteiger partial charge >= 0.3 is 0 Å². The minimum atomic E-state index is -0.238. The van der Waals surface area contributed by atoms with Crippen LogP contribution in [-0.2, 0) is 6.42 Å². The van der Waals surface area contributed by atoms with Gasteiger partial charge in [0.2, 0.25) is 0 Å². The molecule has 5 heteroatoms. The van der Waals surface area contributed by atoms with Gasteiger partial charge in [0.15, 0.2) is 0 Å². The predicted molar refractivity (Wildman–Crippen MR) is 76.9 cm³/mol. The summed E-state index contributed by atoms with van der Waals surface area (Å²) in [4.78, 5) is 1.19. The molecule has 0 saturated carbocycles. The zero-order valence-corrected chi connectivity index (χ0v) is 12.3. The molecule has 1 heterocycles. The number of nitrogens with two attached hydrogens (primary N) is 1. The zero-order valence-electron chi connectivity index (χ0n) is 9.91. The van der Waals surface area contributed by atoms with Crippen LogP contribution in [0.25, 0.3) is 0 Å². The van der Waals surface area contributed by atoms with Crippen LogP contribution in [0.4, 0.5) is 4.39 Å². The number of hydrazine groups is 1. The number of rotatable bonds is 4. The van der Waals surface area contributed by atoms with E-state index in [0.717, 1.165) is 10.0 Å². The molecule has 0 radical (unpaired) electrons. The molecule has 1 atom stereocenters. The monoisotopic (exact) mass is 328 g/mol. The number of aryl methyl sites for hydroxylation is 1. The van der Waals surface area contributed by atoms with E-state index < -0.39 is 0 Å². The highest BCUT2D eigenvalue weighted by Gasteiger charge is 2.15. The zero-order chi connectivity index (χ0) is 13.1. The molecule has 0 bridgehead atoms. The Labute approximate surface area is 118 Å². The van der Waals surface area contributed by atoms with E-state index in [-0.39, 0.29) is 11.9 Å². The van der Waals surface area contributed by atoms with Gasteiger partial charge in [0.05, 0.1) is 6.04 Å². The smallest absolute Gasteiger partial charge is 0.124 e. The largest absolute Gasteiger partial charge is 0.271 e. The van der Waals surface area contributed by atoms with Crippen molar-refractivity contribution in [3.05, 3.63) is 55.9 Å². The van der Waals surface area contributed by atoms with Crippen LogP contribution in [0.2, 0.25) is 0 Å². The Morgan fingerprint density at radius 1 is 1.44 bits per heavy atom. The van der Waals surface area contributed by atoms with Crippen molar-refractivity contribution in [2.24, 2.45) is 5.84 Å². The first kappa shape index (κ1) is 13.7. The number of benzene rings is 1. The van der Waals surface area contributed by atoms with Crippen LogP contribution < -0.4 is 11.3 Å². The summed E-state index contributed by atoms with van der Waals surface area (Å²) in [7, 11) is 0. The predicted octanol–water partition coefficient (Wildman–Crippen LogP) is 3.71. The molecule has 0 fully saturated rings. The third-order valence-electron chi connectivity index (χ3n) is 2.78. The molecule has 2 nitrogen and oxygen atoms in total. The standard InChI is InChI=1S/C13H14BrFN2S/c1-8-2-3-18-13(8)12(17-16)6-9-4-10(14)7-11(15)5-9/h2-5,7,12,17H,6,16H2,1H3. The van der Waals surface area contributed by atoms with Crippen molar-refractivity contribution in [1.29, 1.82) is 0 Å². The van der Waals surface area contributed by atoms with Gasteiger partial charge in [-0.25, -0.2) is 4.39 Å². The second kappa shape index (κ2) is 5.93. The fourth-order valence-corrected chi connectivity index (χ4v) is 3.43. The molecule has 0 aliphatic carbocycles. The highest BCUT2D eigenvalue weighted by molar-refractivity contribution is 9.10. The van der Waals surface area contributed by atoms with Crippen molar-refractivity contribution in [1.82, 2.24) is 5.43 Å². The normalized spacial score (nSPS) is 12.7. The average molecular weight is 329 g/mol. The van der Waals surface area contributed by atoms with Crippen LogP contribution in [0, 0.1) is 12.7 Å². The quantitative estimate of drug-likeness (QED) is 0.663. The van der Waals surface area contributed by atoms with Gasteiger partial charge in [0.25, 0.3) is 0 Å². The van der Waals surface area contributed by atoms with Crippen LogP contribution >= 0.6 is 27.3 Å². The first-order chi connectivity index (χ1) is 8.60. The third-order valence-corrected chi connectivity index (χ3v) is 4.37. The van der Waals surface area contributed by atoms with E-state index in [9.17, 15) is 4.39 Å². The number of nitrogens with one attached hydrogen (secondary N) is 1. The van der Waals surface area contributed by atoms with E-state index >= 15 is 0 Å². The van der Waals surface area contributed by atoms with Crippen molar-refractivity contribution in [2.75, 3.05) is 0 Å². The molecule has 96 valence electrons. The van der Waals surface area contributed by atoms with Crippen molar-refractivity contribution >= 4 is 27.3 Å². The first-order valence-corrected chi connectivity index (χ1v) is 7.22. The van der Waals surface area contributed by atoms with Gasteiger partial charge in [-0.2, -0.15) is 0 Å². The van der Waals surface area contributed by atoms with E-state index in [2.05, 4.69) is 34.3 Å². The fraction of sp³-hybridized carbons (Fsp3) is 0.231. The van der Waals surface area contributed by atoms with Gasteiger partial charge in [-0.15, -0.1) is 11.3 Å². The molecule has 1 aromatic carbocycles. The maximum Gasteiger partial charge on any atom is 0.124 e. The molecule has 1 unspecified atom stereocenters. The maximum atomic E-state index is 13.3. The van der Waals surface area contributed by atoms with E-state index in [1.807, 2.05) is 11.4 Å². The average Bonchev–Trinajstić information content (AvgIpc) is 2.71. The second-order valence-electron chi connectivity index (χ2n) is 4.17. The number of hydrogen-bond acceptors (Lipinski definition) is 3. The van der Waals surface area contributed by atoms with Crippen molar-refractivity contribution in [2.45, 2.75) is 19.4 Å². The van der Waals surface area contributed by atoms with Crippen molar-refractivity contribution < 1.29 is 4.39 Å². The highest BCUT2D eigenvalue weighted by Crippen LogP contribution is 2.27. The molecule has 2 aromatic rings. The van der Waals surface area contributed by atoms with Crippen LogP contribution in [0.5, 0.6) is 0 Å². The molecule has 3 N–H and O–H groups in total. The lowest BCUT2D eigenvalue weighted by atomic mass is 10.0. The van der Waals surface area contributed by atoms with E-state index in [0.29, 0.717) is 6.42 Å². The van der Waals surface area contributed by atoms with Gasteiger partial charge in [0, 0.05) is 9.35 Å². The Kier molecular flexibility index (Phi) is 4.50. The highest BCUT2D eigenvalue weighted by atomic mass is 79.9. The van der Waals surface area contributed by atoms with Crippen molar-refractivity contribution in [3.63, 3.8) is 0 Å². The van der Waals surface area contributed by atoms with Crippen LogP contribution in [0.3, 0.4) is 0 Å². The van der Waals surface area contributed by atoms with Gasteiger partial charge in [-0.3, -0.25) is 11.3 Å². The van der Waals surface area contributed by atoms with Crippen LogP contribution in [-0.4, -0.2) is 0 Å². The molecule has 0 saturated heterocycles. The summed E-state index contributed by atoms with van der Waals surface area (Å²) in [5, 5.41) is 2.04. The summed E-state index contributed by atoms with van der Waals surface area (Å²) in [6.07, 6.45) is 0.661. The Balaban J connectivity index is 2.23. The lowest BCUT2D eigenvalue weighted by Gasteiger charge is -2.16. The molecule has 2 rings (SSSR count). The summed E-state index contributed by atoms with van der Waals surface area (Å²) in [5.41, 5.74) is 4.93. The topological polar surface area (TPSA) is 38.0 Å². The van der Waals surface area contributed by atoms with E-state index in [4.69, 9.17) is 5.84 Å². The minimum Gasteiger partial charge on any atom is -0.271 e. The molecule has 18 heavy (non-hydrogen) atoms. The Bertz CT molecular complexity index is 521. The number of halogens is 2. The molecule has 0 aliphatic rings. The summed E-state index contributed by atoms with van der Waals surface area (Å²) in [6.45, 7) is 2.05. The number of thiophene rings is 1. The summed E-state index contributed by atoms with van der Waals surface area (Å²) >= 11 is 4.96. The second-order valence-corrected chi connectivity index (χ2v) is 6.03. The number of hydrogen-bond donors (Lipinski definition) is 2. The van der Waals surface area contributed by atoms with Gasteiger partial charge in [-0.1, -0.05) is 15.9 Å². The molecule has 0 spiro atoms. The molecular weight excluding hydrogens is 315 g/mol. The summed E-state index contributed by atoms with van der Waals surface area (Å²) in [5.74, 6) is 5.37. The van der Waals surface area contributed by atoms with Crippen molar-refractivity contribution in [3.8, 4) is 0 Å². The van der Waals surface area contributed by atoms with E-state index in [1.54, 1.807) is 11.3 Å². The third kappa shape index (κ3) is 3.17. The van der Waals surface area contributed by atoms with Crippen LogP contribution in [0.1, 0.15) is 22.0 Å². The maximum absolute atomic E-state index is 13.3. The lowest BCUT2D eigenvalue weighted by Crippen LogP contribution is -2.29. The van der Waals surface area contributed by atoms with Crippen LogP contribution in [0.15, 0.2) is 34.1 Å². The SMILES string of the molecule is Cc1ccsc1C(Cc1cc(F)cc(Br)c1)NN. The molecular formula is C13H14BrFN2S. The lowest BCUT2D eigenvalue weighted by molar-refractivity contribution is 0.554. The first-order valence-electron chi connectivity index (χ1n) is 5.55. The summed E-state index contributed by atoms with van der Waals surface area (Å²) < 4.78 is 14.1.